The van der Waals surface area contributed by atoms with Crippen molar-refractivity contribution in [3.63, 3.8) is 0 Å². The topological polar surface area (TPSA) is 72.8 Å². The highest BCUT2D eigenvalue weighted by Crippen LogP contribution is 2.40. The molecule has 0 spiro atoms. The van der Waals surface area contributed by atoms with E-state index in [1.807, 2.05) is 30.3 Å². The van der Waals surface area contributed by atoms with E-state index in [2.05, 4.69) is 48.3 Å². The van der Waals surface area contributed by atoms with Crippen LogP contribution in [0.25, 0.3) is 11.3 Å². The summed E-state index contributed by atoms with van der Waals surface area (Å²) in [5.74, 6) is 1.45. The SMILES string of the molecule is CCCCSc1nnc2c(n1)OC(c1ccncc1)Nc1ccc(Br)cc1-2. The summed E-state index contributed by atoms with van der Waals surface area (Å²) in [5.41, 5.74) is 3.42. The minimum absolute atomic E-state index is 0.389. The molecule has 0 fully saturated rings. The molecular formula is C19H18BrN5OS. The van der Waals surface area contributed by atoms with E-state index in [0.717, 1.165) is 39.9 Å². The standard InChI is InChI=1S/C19H18BrN5OS/c1-2-3-10-27-19-23-18-16(24-25-19)14-11-13(20)4-5-15(14)22-17(26-18)12-6-8-21-9-7-12/h4-9,11,17,22H,2-3,10H2,1H3. The summed E-state index contributed by atoms with van der Waals surface area (Å²) >= 11 is 5.14. The van der Waals surface area contributed by atoms with Crippen LogP contribution in [0, 0.1) is 0 Å². The number of rotatable bonds is 5. The second-order valence-corrected chi connectivity index (χ2v) is 8.04. The van der Waals surface area contributed by atoms with Crippen LogP contribution in [0.1, 0.15) is 31.6 Å². The highest BCUT2D eigenvalue weighted by molar-refractivity contribution is 9.10. The van der Waals surface area contributed by atoms with Crippen LogP contribution >= 0.6 is 27.7 Å². The summed E-state index contributed by atoms with van der Waals surface area (Å²) in [6.07, 6.45) is 5.36. The molecular weight excluding hydrogens is 426 g/mol. The molecule has 1 aliphatic heterocycles. The number of halogens is 1. The molecule has 0 radical (unpaired) electrons. The molecule has 0 bridgehead atoms. The minimum atomic E-state index is -0.389. The molecule has 138 valence electrons. The van der Waals surface area contributed by atoms with Crippen molar-refractivity contribution >= 4 is 33.4 Å². The van der Waals surface area contributed by atoms with E-state index in [4.69, 9.17) is 4.74 Å². The molecule has 0 aliphatic carbocycles. The van der Waals surface area contributed by atoms with E-state index in [-0.39, 0.29) is 6.23 Å². The largest absolute Gasteiger partial charge is 0.448 e. The molecule has 2 aromatic heterocycles. The summed E-state index contributed by atoms with van der Waals surface area (Å²) in [7, 11) is 0. The average Bonchev–Trinajstić information content (AvgIpc) is 2.85. The number of pyridine rings is 1. The van der Waals surface area contributed by atoms with Gasteiger partial charge in [-0.3, -0.25) is 4.98 Å². The summed E-state index contributed by atoms with van der Waals surface area (Å²) in [4.78, 5) is 8.73. The lowest BCUT2D eigenvalue weighted by atomic mass is 10.1. The Bertz CT molecular complexity index is 941. The normalized spacial score (nSPS) is 15.1. The molecule has 3 aromatic rings. The van der Waals surface area contributed by atoms with Crippen molar-refractivity contribution in [1.82, 2.24) is 20.2 Å². The Kier molecular flexibility index (Phi) is 5.54. The Hall–Kier alpha value is -2.19. The van der Waals surface area contributed by atoms with E-state index in [9.17, 15) is 0 Å². The molecule has 4 rings (SSSR count). The van der Waals surface area contributed by atoms with Gasteiger partial charge in [-0.2, -0.15) is 4.98 Å². The van der Waals surface area contributed by atoms with Crippen LogP contribution in [0.3, 0.4) is 0 Å². The third-order valence-corrected chi connectivity index (χ3v) is 5.54. The molecule has 0 saturated carbocycles. The van der Waals surface area contributed by atoms with Gasteiger partial charge in [0, 0.05) is 39.4 Å². The Labute approximate surface area is 170 Å². The first-order valence-electron chi connectivity index (χ1n) is 8.75. The number of nitrogens with zero attached hydrogens (tertiary/aromatic N) is 4. The third-order valence-electron chi connectivity index (χ3n) is 4.13. The van der Waals surface area contributed by atoms with Gasteiger partial charge >= 0.3 is 0 Å². The first-order valence-corrected chi connectivity index (χ1v) is 10.5. The Morgan fingerprint density at radius 2 is 2.04 bits per heavy atom. The number of fused-ring (bicyclic) bond motifs is 3. The molecule has 0 saturated heterocycles. The van der Waals surface area contributed by atoms with Gasteiger partial charge in [-0.1, -0.05) is 41.0 Å². The predicted molar refractivity (Wildman–Crippen MR) is 110 cm³/mol. The van der Waals surface area contributed by atoms with Crippen molar-refractivity contribution in [2.45, 2.75) is 31.1 Å². The van der Waals surface area contributed by atoms with Crippen molar-refractivity contribution in [3.05, 3.63) is 52.8 Å². The monoisotopic (exact) mass is 443 g/mol. The lowest BCUT2D eigenvalue weighted by Gasteiger charge is -2.19. The van der Waals surface area contributed by atoms with Crippen molar-refractivity contribution in [2.24, 2.45) is 0 Å². The molecule has 1 atom stereocenters. The molecule has 0 amide bonds. The number of thioether (sulfide) groups is 1. The number of aromatic nitrogens is 4. The highest BCUT2D eigenvalue weighted by Gasteiger charge is 2.26. The van der Waals surface area contributed by atoms with Gasteiger partial charge < -0.3 is 10.1 Å². The third kappa shape index (κ3) is 4.06. The number of ether oxygens (including phenoxy) is 1. The van der Waals surface area contributed by atoms with Gasteiger partial charge in [-0.05, 0) is 36.8 Å². The second kappa shape index (κ2) is 8.22. The molecule has 1 aliphatic rings. The lowest BCUT2D eigenvalue weighted by molar-refractivity contribution is 0.225. The Morgan fingerprint density at radius 1 is 1.19 bits per heavy atom. The number of hydrogen-bond donors (Lipinski definition) is 1. The van der Waals surface area contributed by atoms with E-state index >= 15 is 0 Å². The van der Waals surface area contributed by atoms with Crippen molar-refractivity contribution in [1.29, 1.82) is 0 Å². The fourth-order valence-corrected chi connectivity index (χ4v) is 3.95. The Balaban J connectivity index is 1.76. The van der Waals surface area contributed by atoms with Crippen molar-refractivity contribution < 1.29 is 4.74 Å². The van der Waals surface area contributed by atoms with E-state index in [1.165, 1.54) is 0 Å². The second-order valence-electron chi connectivity index (χ2n) is 6.06. The summed E-state index contributed by atoms with van der Waals surface area (Å²) in [6, 6.07) is 9.83. The van der Waals surface area contributed by atoms with Crippen molar-refractivity contribution in [2.75, 3.05) is 11.1 Å². The first-order chi connectivity index (χ1) is 13.2. The van der Waals surface area contributed by atoms with Crippen LogP contribution in [-0.4, -0.2) is 25.9 Å². The molecule has 1 aromatic carbocycles. The van der Waals surface area contributed by atoms with E-state index in [1.54, 1.807) is 24.2 Å². The lowest BCUT2D eigenvalue weighted by Crippen LogP contribution is -2.17. The smallest absolute Gasteiger partial charge is 0.247 e. The van der Waals surface area contributed by atoms with Gasteiger partial charge in [-0.15, -0.1) is 10.2 Å². The molecule has 27 heavy (non-hydrogen) atoms. The summed E-state index contributed by atoms with van der Waals surface area (Å²) in [5, 5.41) is 12.8. The zero-order chi connectivity index (χ0) is 18.6. The van der Waals surface area contributed by atoms with Gasteiger partial charge in [0.1, 0.15) is 0 Å². The van der Waals surface area contributed by atoms with Crippen LogP contribution in [0.5, 0.6) is 5.88 Å². The first kappa shape index (κ1) is 18.2. The number of anilines is 1. The predicted octanol–water partition coefficient (Wildman–Crippen LogP) is 5.09. The molecule has 3 heterocycles. The number of hydrogen-bond acceptors (Lipinski definition) is 7. The number of benzene rings is 1. The fourth-order valence-electron chi connectivity index (χ4n) is 2.73. The maximum Gasteiger partial charge on any atom is 0.247 e. The fraction of sp³-hybridized carbons (Fsp3) is 0.263. The average molecular weight is 444 g/mol. The Morgan fingerprint density at radius 3 is 2.85 bits per heavy atom. The zero-order valence-corrected chi connectivity index (χ0v) is 17.1. The molecule has 6 nitrogen and oxygen atoms in total. The van der Waals surface area contributed by atoms with Crippen LogP contribution in [0.2, 0.25) is 0 Å². The maximum absolute atomic E-state index is 6.23. The van der Waals surface area contributed by atoms with Crippen LogP contribution < -0.4 is 10.1 Å². The van der Waals surface area contributed by atoms with Crippen LogP contribution in [0.15, 0.2) is 52.4 Å². The minimum Gasteiger partial charge on any atom is -0.448 e. The van der Waals surface area contributed by atoms with Gasteiger partial charge in [0.25, 0.3) is 0 Å². The quantitative estimate of drug-likeness (QED) is 0.434. The maximum atomic E-state index is 6.23. The summed E-state index contributed by atoms with van der Waals surface area (Å²) in [6.45, 7) is 2.17. The zero-order valence-electron chi connectivity index (χ0n) is 14.7. The van der Waals surface area contributed by atoms with E-state index < -0.39 is 0 Å². The van der Waals surface area contributed by atoms with E-state index in [0.29, 0.717) is 16.7 Å². The highest BCUT2D eigenvalue weighted by atomic mass is 79.9. The summed E-state index contributed by atoms with van der Waals surface area (Å²) < 4.78 is 7.19. The van der Waals surface area contributed by atoms with Gasteiger partial charge in [0.15, 0.2) is 11.9 Å². The van der Waals surface area contributed by atoms with Gasteiger partial charge in [0.05, 0.1) is 0 Å². The van der Waals surface area contributed by atoms with Crippen molar-refractivity contribution in [3.8, 4) is 17.1 Å². The van der Waals surface area contributed by atoms with Crippen LogP contribution in [0.4, 0.5) is 5.69 Å². The molecule has 1 N–H and O–H groups in total. The molecule has 8 heteroatoms. The van der Waals surface area contributed by atoms with Crippen LogP contribution in [-0.2, 0) is 0 Å². The number of nitrogens with one attached hydrogen (secondary N) is 1. The van der Waals surface area contributed by atoms with Gasteiger partial charge in [0.2, 0.25) is 11.0 Å². The van der Waals surface area contributed by atoms with Gasteiger partial charge in [-0.25, -0.2) is 0 Å². The number of unbranched alkanes of at least 4 members (excludes halogenated alkanes) is 1. The molecule has 1 unspecified atom stereocenters.